The summed E-state index contributed by atoms with van der Waals surface area (Å²) in [7, 11) is 3.20. The van der Waals surface area contributed by atoms with Crippen molar-refractivity contribution in [2.45, 2.75) is 32.2 Å². The van der Waals surface area contributed by atoms with Crippen LogP contribution in [0.1, 0.15) is 39.0 Å². The SMILES string of the molecule is COc1cc2c(cc1OC)CN(C(=O)COC(=O)c1ccc3c(c1)CCC3)CC2. The van der Waals surface area contributed by atoms with Crippen LogP contribution in [0.3, 0.4) is 0 Å². The van der Waals surface area contributed by atoms with E-state index in [9.17, 15) is 9.59 Å². The molecule has 0 saturated carbocycles. The second-order valence-corrected chi connectivity index (χ2v) is 7.45. The Labute approximate surface area is 170 Å². The van der Waals surface area contributed by atoms with Crippen molar-refractivity contribution < 1.29 is 23.8 Å². The summed E-state index contributed by atoms with van der Waals surface area (Å²) >= 11 is 0. The summed E-state index contributed by atoms with van der Waals surface area (Å²) in [4.78, 5) is 26.7. The first-order chi connectivity index (χ1) is 14.1. The average molecular weight is 395 g/mol. The highest BCUT2D eigenvalue weighted by Crippen LogP contribution is 2.33. The van der Waals surface area contributed by atoms with Crippen LogP contribution in [0.2, 0.25) is 0 Å². The Hall–Kier alpha value is -3.02. The Morgan fingerprint density at radius 1 is 0.897 bits per heavy atom. The van der Waals surface area contributed by atoms with E-state index < -0.39 is 5.97 Å². The smallest absolute Gasteiger partial charge is 0.338 e. The molecule has 0 radical (unpaired) electrons. The van der Waals surface area contributed by atoms with Crippen molar-refractivity contribution in [2.75, 3.05) is 27.4 Å². The second-order valence-electron chi connectivity index (χ2n) is 7.45. The van der Waals surface area contributed by atoms with Gasteiger partial charge >= 0.3 is 5.97 Å². The monoisotopic (exact) mass is 395 g/mol. The van der Waals surface area contributed by atoms with Gasteiger partial charge in [0.1, 0.15) is 0 Å². The van der Waals surface area contributed by atoms with Gasteiger partial charge < -0.3 is 19.1 Å². The minimum atomic E-state index is -0.447. The third kappa shape index (κ3) is 3.92. The topological polar surface area (TPSA) is 65.1 Å². The van der Waals surface area contributed by atoms with Crippen LogP contribution in [0.5, 0.6) is 11.5 Å². The second kappa shape index (κ2) is 8.15. The fourth-order valence-corrected chi connectivity index (χ4v) is 4.10. The Kier molecular flexibility index (Phi) is 5.43. The zero-order valence-electron chi connectivity index (χ0n) is 16.8. The summed E-state index contributed by atoms with van der Waals surface area (Å²) in [5.41, 5.74) is 5.19. The van der Waals surface area contributed by atoms with Crippen LogP contribution < -0.4 is 9.47 Å². The van der Waals surface area contributed by atoms with E-state index in [0.717, 1.165) is 36.8 Å². The molecule has 0 N–H and O–H groups in total. The molecule has 1 amide bonds. The fraction of sp³-hybridized carbons (Fsp3) is 0.391. The van der Waals surface area contributed by atoms with Crippen LogP contribution in [0.4, 0.5) is 0 Å². The summed E-state index contributed by atoms with van der Waals surface area (Å²) < 4.78 is 16.0. The van der Waals surface area contributed by atoms with E-state index in [0.29, 0.717) is 30.2 Å². The lowest BCUT2D eigenvalue weighted by molar-refractivity contribution is -0.135. The highest BCUT2D eigenvalue weighted by atomic mass is 16.5. The first kappa shape index (κ1) is 19.3. The summed E-state index contributed by atoms with van der Waals surface area (Å²) in [6, 6.07) is 9.54. The number of methoxy groups -OCH3 is 2. The summed E-state index contributed by atoms with van der Waals surface area (Å²) in [5.74, 6) is 0.690. The number of ether oxygens (including phenoxy) is 3. The van der Waals surface area contributed by atoms with E-state index in [4.69, 9.17) is 14.2 Å². The van der Waals surface area contributed by atoms with Crippen molar-refractivity contribution in [3.05, 3.63) is 58.1 Å². The molecule has 2 aliphatic rings. The summed E-state index contributed by atoms with van der Waals surface area (Å²) in [6.45, 7) is 0.793. The van der Waals surface area contributed by atoms with Gasteiger partial charge in [-0.2, -0.15) is 0 Å². The van der Waals surface area contributed by atoms with Gasteiger partial charge in [-0.3, -0.25) is 4.79 Å². The molecule has 1 aliphatic carbocycles. The third-order valence-electron chi connectivity index (χ3n) is 5.73. The molecule has 0 unspecified atom stereocenters. The Morgan fingerprint density at radius 2 is 1.59 bits per heavy atom. The highest BCUT2D eigenvalue weighted by molar-refractivity contribution is 5.91. The number of esters is 1. The lowest BCUT2D eigenvalue weighted by atomic mass is 9.99. The van der Waals surface area contributed by atoms with Crippen molar-refractivity contribution >= 4 is 11.9 Å². The van der Waals surface area contributed by atoms with E-state index in [1.807, 2.05) is 24.3 Å². The predicted molar refractivity (Wildman–Crippen MR) is 107 cm³/mol. The fourth-order valence-electron chi connectivity index (χ4n) is 4.10. The van der Waals surface area contributed by atoms with E-state index in [1.165, 1.54) is 11.1 Å². The molecule has 0 spiro atoms. The van der Waals surface area contributed by atoms with Gasteiger partial charge in [0.05, 0.1) is 19.8 Å². The molecule has 4 rings (SSSR count). The van der Waals surface area contributed by atoms with Crippen LogP contribution in [0, 0.1) is 0 Å². The molecule has 1 aliphatic heterocycles. The maximum atomic E-state index is 12.6. The largest absolute Gasteiger partial charge is 0.493 e. The first-order valence-corrected chi connectivity index (χ1v) is 9.89. The molecule has 0 fully saturated rings. The molecular weight excluding hydrogens is 370 g/mol. The van der Waals surface area contributed by atoms with Crippen LogP contribution in [-0.4, -0.2) is 44.1 Å². The molecule has 0 atom stereocenters. The van der Waals surface area contributed by atoms with Crippen LogP contribution >= 0.6 is 0 Å². The number of nitrogens with zero attached hydrogens (tertiary/aromatic N) is 1. The van der Waals surface area contributed by atoms with E-state index in [1.54, 1.807) is 25.2 Å². The molecule has 0 saturated heterocycles. The molecule has 2 aromatic rings. The molecule has 0 bridgehead atoms. The molecule has 0 aromatic heterocycles. The van der Waals surface area contributed by atoms with Crippen molar-refractivity contribution in [3.8, 4) is 11.5 Å². The van der Waals surface area contributed by atoms with Gasteiger partial charge in [0, 0.05) is 13.1 Å². The number of benzene rings is 2. The van der Waals surface area contributed by atoms with Crippen LogP contribution in [-0.2, 0) is 35.3 Å². The molecule has 1 heterocycles. The Morgan fingerprint density at radius 3 is 2.34 bits per heavy atom. The maximum Gasteiger partial charge on any atom is 0.338 e. The molecule has 6 nitrogen and oxygen atoms in total. The maximum absolute atomic E-state index is 12.6. The van der Waals surface area contributed by atoms with Crippen LogP contribution in [0.25, 0.3) is 0 Å². The zero-order valence-corrected chi connectivity index (χ0v) is 16.8. The summed E-state index contributed by atoms with van der Waals surface area (Å²) in [5, 5.41) is 0. The Balaban J connectivity index is 1.38. The minimum absolute atomic E-state index is 0.194. The zero-order chi connectivity index (χ0) is 20.4. The normalized spacial score (nSPS) is 14.8. The number of aryl methyl sites for hydroxylation is 2. The van der Waals surface area contributed by atoms with Gasteiger partial charge in [-0.15, -0.1) is 0 Å². The van der Waals surface area contributed by atoms with Crippen molar-refractivity contribution in [1.29, 1.82) is 0 Å². The number of carbonyl (C=O) groups excluding carboxylic acids is 2. The molecule has 152 valence electrons. The minimum Gasteiger partial charge on any atom is -0.493 e. The van der Waals surface area contributed by atoms with Gasteiger partial charge in [-0.1, -0.05) is 6.07 Å². The first-order valence-electron chi connectivity index (χ1n) is 9.89. The van der Waals surface area contributed by atoms with Gasteiger partial charge in [-0.25, -0.2) is 4.79 Å². The number of hydrogen-bond acceptors (Lipinski definition) is 5. The Bertz CT molecular complexity index is 953. The molecular formula is C23H25NO5. The van der Waals surface area contributed by atoms with Crippen molar-refractivity contribution in [1.82, 2.24) is 4.90 Å². The average Bonchev–Trinajstić information content (AvgIpc) is 3.23. The van der Waals surface area contributed by atoms with Gasteiger partial charge in [0.2, 0.25) is 0 Å². The number of amides is 1. The number of carbonyl (C=O) groups is 2. The van der Waals surface area contributed by atoms with Crippen LogP contribution in [0.15, 0.2) is 30.3 Å². The van der Waals surface area contributed by atoms with Crippen molar-refractivity contribution in [2.24, 2.45) is 0 Å². The van der Waals surface area contributed by atoms with Gasteiger partial charge in [0.15, 0.2) is 18.1 Å². The van der Waals surface area contributed by atoms with Gasteiger partial charge in [0.25, 0.3) is 5.91 Å². The van der Waals surface area contributed by atoms with E-state index in [2.05, 4.69) is 0 Å². The van der Waals surface area contributed by atoms with Crippen molar-refractivity contribution in [3.63, 3.8) is 0 Å². The molecule has 29 heavy (non-hydrogen) atoms. The quantitative estimate of drug-likeness (QED) is 0.729. The number of hydrogen-bond donors (Lipinski definition) is 0. The van der Waals surface area contributed by atoms with Gasteiger partial charge in [-0.05, 0) is 72.2 Å². The predicted octanol–water partition coefficient (Wildman–Crippen LogP) is 2.93. The molecule has 6 heteroatoms. The number of fused-ring (bicyclic) bond motifs is 2. The van der Waals surface area contributed by atoms with E-state index >= 15 is 0 Å². The lowest BCUT2D eigenvalue weighted by Gasteiger charge is -2.29. The lowest BCUT2D eigenvalue weighted by Crippen LogP contribution is -2.38. The highest BCUT2D eigenvalue weighted by Gasteiger charge is 2.24. The van der Waals surface area contributed by atoms with E-state index in [-0.39, 0.29) is 12.5 Å². The third-order valence-corrected chi connectivity index (χ3v) is 5.73. The number of rotatable bonds is 5. The molecule has 2 aromatic carbocycles. The standard InChI is InChI=1S/C23H25NO5/c1-27-20-11-17-8-9-24(13-19(17)12-21(20)28-2)22(25)14-29-23(26)18-7-6-15-4-3-5-16(15)10-18/h6-7,10-12H,3-5,8-9,13-14H2,1-2H3. The summed E-state index contributed by atoms with van der Waals surface area (Å²) in [6.07, 6.45) is 3.91.